The lowest BCUT2D eigenvalue weighted by Crippen LogP contribution is -1.81. The number of methoxy groups -OCH3 is 1. The first-order valence-electron chi connectivity index (χ1n) is 2.79. The number of ether oxygens (including phenoxy) is 1. The highest BCUT2D eigenvalue weighted by Gasteiger charge is 1.93. The van der Waals surface area contributed by atoms with Crippen LogP contribution in [0.15, 0.2) is 28.0 Å². The van der Waals surface area contributed by atoms with Gasteiger partial charge in [0.2, 0.25) is 0 Å². The number of thiol groups is 2. The summed E-state index contributed by atoms with van der Waals surface area (Å²) in [6.45, 7) is 0. The SMILES string of the molecule is COc1cc(S)cc(S)c1. The highest BCUT2D eigenvalue weighted by Crippen LogP contribution is 2.21. The van der Waals surface area contributed by atoms with E-state index in [4.69, 9.17) is 4.74 Å². The Morgan fingerprint density at radius 1 is 1.10 bits per heavy atom. The fourth-order valence-corrected chi connectivity index (χ4v) is 1.32. The largest absolute Gasteiger partial charge is 0.497 e. The smallest absolute Gasteiger partial charge is 0.121 e. The number of benzene rings is 1. The van der Waals surface area contributed by atoms with Gasteiger partial charge in [0.15, 0.2) is 0 Å². The molecule has 1 aromatic carbocycles. The summed E-state index contributed by atoms with van der Waals surface area (Å²) in [6.07, 6.45) is 0. The van der Waals surface area contributed by atoms with Crippen molar-refractivity contribution in [1.82, 2.24) is 0 Å². The van der Waals surface area contributed by atoms with Gasteiger partial charge in [0.25, 0.3) is 0 Å². The Balaban J connectivity index is 3.06. The van der Waals surface area contributed by atoms with Crippen molar-refractivity contribution in [3.63, 3.8) is 0 Å². The first-order valence-corrected chi connectivity index (χ1v) is 3.69. The topological polar surface area (TPSA) is 9.23 Å². The van der Waals surface area contributed by atoms with E-state index in [2.05, 4.69) is 25.3 Å². The Morgan fingerprint density at radius 2 is 1.60 bits per heavy atom. The molecule has 0 aromatic heterocycles. The first kappa shape index (κ1) is 7.82. The average molecular weight is 172 g/mol. The van der Waals surface area contributed by atoms with E-state index in [1.165, 1.54) is 0 Å². The molecular formula is C7H8OS2. The summed E-state index contributed by atoms with van der Waals surface area (Å²) in [6, 6.07) is 5.53. The molecule has 3 heteroatoms. The normalized spacial score (nSPS) is 9.50. The van der Waals surface area contributed by atoms with Crippen molar-refractivity contribution in [2.75, 3.05) is 7.11 Å². The maximum absolute atomic E-state index is 4.98. The Bertz CT molecular complexity index is 215. The molecule has 0 heterocycles. The van der Waals surface area contributed by atoms with Crippen molar-refractivity contribution in [3.8, 4) is 5.75 Å². The third-order valence-electron chi connectivity index (χ3n) is 1.11. The molecule has 10 heavy (non-hydrogen) atoms. The summed E-state index contributed by atoms with van der Waals surface area (Å²) in [5.74, 6) is 0.789. The molecule has 54 valence electrons. The van der Waals surface area contributed by atoms with Crippen molar-refractivity contribution < 1.29 is 4.74 Å². The Hall–Kier alpha value is -0.280. The van der Waals surface area contributed by atoms with Crippen LogP contribution in [0, 0.1) is 0 Å². The van der Waals surface area contributed by atoms with Crippen molar-refractivity contribution >= 4 is 25.3 Å². The van der Waals surface area contributed by atoms with Crippen LogP contribution in [0.3, 0.4) is 0 Å². The summed E-state index contributed by atoms with van der Waals surface area (Å²) in [4.78, 5) is 1.73. The van der Waals surface area contributed by atoms with Crippen LogP contribution < -0.4 is 4.74 Å². The van der Waals surface area contributed by atoms with Gasteiger partial charge in [0, 0.05) is 9.79 Å². The van der Waals surface area contributed by atoms with E-state index in [0.717, 1.165) is 15.5 Å². The standard InChI is InChI=1S/C7H8OS2/c1-8-5-2-6(9)4-7(10)3-5/h2-4,9-10H,1H3. The monoisotopic (exact) mass is 172 g/mol. The fourth-order valence-electron chi connectivity index (χ4n) is 0.686. The molecule has 0 spiro atoms. The molecule has 0 bridgehead atoms. The number of hydrogen-bond acceptors (Lipinski definition) is 3. The van der Waals surface area contributed by atoms with Gasteiger partial charge >= 0.3 is 0 Å². The van der Waals surface area contributed by atoms with Crippen molar-refractivity contribution in [1.29, 1.82) is 0 Å². The summed E-state index contributed by atoms with van der Waals surface area (Å²) in [5, 5.41) is 0. The lowest BCUT2D eigenvalue weighted by molar-refractivity contribution is 0.412. The van der Waals surface area contributed by atoms with Crippen molar-refractivity contribution in [3.05, 3.63) is 18.2 Å². The van der Waals surface area contributed by atoms with Gasteiger partial charge in [-0.05, 0) is 18.2 Å². The second-order valence-electron chi connectivity index (χ2n) is 1.89. The zero-order valence-corrected chi connectivity index (χ0v) is 7.32. The molecule has 0 radical (unpaired) electrons. The van der Waals surface area contributed by atoms with Gasteiger partial charge in [-0.15, -0.1) is 25.3 Å². The summed E-state index contributed by atoms with van der Waals surface area (Å²) >= 11 is 8.30. The second-order valence-corrected chi connectivity index (χ2v) is 2.92. The van der Waals surface area contributed by atoms with Gasteiger partial charge in [-0.1, -0.05) is 0 Å². The van der Waals surface area contributed by atoms with Crippen LogP contribution in [-0.2, 0) is 0 Å². The third-order valence-corrected chi connectivity index (χ3v) is 1.63. The van der Waals surface area contributed by atoms with E-state index in [9.17, 15) is 0 Å². The van der Waals surface area contributed by atoms with Crippen LogP contribution >= 0.6 is 25.3 Å². The van der Waals surface area contributed by atoms with Crippen LogP contribution in [0.2, 0.25) is 0 Å². The molecule has 0 aliphatic rings. The predicted molar refractivity (Wildman–Crippen MR) is 47.5 cm³/mol. The Labute approximate surface area is 71.2 Å². The Morgan fingerprint density at radius 3 is 2.00 bits per heavy atom. The summed E-state index contributed by atoms with van der Waals surface area (Å²) < 4.78 is 4.98. The molecule has 0 amide bonds. The van der Waals surface area contributed by atoms with Gasteiger partial charge in [0.1, 0.15) is 5.75 Å². The first-order chi connectivity index (χ1) is 4.72. The highest BCUT2D eigenvalue weighted by molar-refractivity contribution is 7.81. The van der Waals surface area contributed by atoms with Gasteiger partial charge in [0.05, 0.1) is 7.11 Å². The van der Waals surface area contributed by atoms with E-state index < -0.39 is 0 Å². The lowest BCUT2D eigenvalue weighted by Gasteiger charge is -2.00. The van der Waals surface area contributed by atoms with Crippen LogP contribution in [-0.4, -0.2) is 7.11 Å². The third kappa shape index (κ3) is 1.85. The minimum Gasteiger partial charge on any atom is -0.497 e. The van der Waals surface area contributed by atoms with Crippen LogP contribution in [0.4, 0.5) is 0 Å². The van der Waals surface area contributed by atoms with Crippen LogP contribution in [0.5, 0.6) is 5.75 Å². The predicted octanol–water partition coefficient (Wildman–Crippen LogP) is 2.27. The second kappa shape index (κ2) is 3.21. The van der Waals surface area contributed by atoms with Crippen molar-refractivity contribution in [2.45, 2.75) is 9.79 Å². The van der Waals surface area contributed by atoms with Crippen molar-refractivity contribution in [2.24, 2.45) is 0 Å². The highest BCUT2D eigenvalue weighted by atomic mass is 32.1. The molecule has 1 rings (SSSR count). The zero-order valence-electron chi connectivity index (χ0n) is 5.53. The summed E-state index contributed by atoms with van der Waals surface area (Å²) in [7, 11) is 1.62. The molecule has 0 aliphatic carbocycles. The van der Waals surface area contributed by atoms with Gasteiger partial charge in [-0.2, -0.15) is 0 Å². The average Bonchev–Trinajstić information content (AvgIpc) is 1.85. The molecule has 0 unspecified atom stereocenters. The molecule has 0 aliphatic heterocycles. The molecule has 1 nitrogen and oxygen atoms in total. The van der Waals surface area contributed by atoms with Gasteiger partial charge in [-0.3, -0.25) is 0 Å². The van der Waals surface area contributed by atoms with Gasteiger partial charge in [-0.25, -0.2) is 0 Å². The van der Waals surface area contributed by atoms with Crippen LogP contribution in [0.25, 0.3) is 0 Å². The van der Waals surface area contributed by atoms with E-state index in [1.807, 2.05) is 18.2 Å². The fraction of sp³-hybridized carbons (Fsp3) is 0.143. The molecule has 0 N–H and O–H groups in total. The zero-order chi connectivity index (χ0) is 7.56. The maximum Gasteiger partial charge on any atom is 0.121 e. The van der Waals surface area contributed by atoms with Crippen LogP contribution in [0.1, 0.15) is 0 Å². The molecule has 0 saturated carbocycles. The number of hydrogen-bond donors (Lipinski definition) is 2. The molecule has 1 aromatic rings. The summed E-state index contributed by atoms with van der Waals surface area (Å²) in [5.41, 5.74) is 0. The number of rotatable bonds is 1. The minimum atomic E-state index is 0.789. The van der Waals surface area contributed by atoms with E-state index in [0.29, 0.717) is 0 Å². The van der Waals surface area contributed by atoms with Gasteiger partial charge < -0.3 is 4.74 Å². The molecule has 0 saturated heterocycles. The Kier molecular flexibility index (Phi) is 2.51. The van der Waals surface area contributed by atoms with E-state index in [-0.39, 0.29) is 0 Å². The van der Waals surface area contributed by atoms with E-state index in [1.54, 1.807) is 7.11 Å². The minimum absolute atomic E-state index is 0.789. The quantitative estimate of drug-likeness (QED) is 0.618. The van der Waals surface area contributed by atoms with E-state index >= 15 is 0 Å². The molecular weight excluding hydrogens is 164 g/mol. The molecule has 0 fully saturated rings. The molecule has 0 atom stereocenters. The lowest BCUT2D eigenvalue weighted by atomic mass is 10.3. The maximum atomic E-state index is 4.98.